The maximum Gasteiger partial charge on any atom is 0.416 e. The van der Waals surface area contributed by atoms with Crippen molar-refractivity contribution in [2.45, 2.75) is 50.4 Å². The quantitative estimate of drug-likeness (QED) is 0.219. The Morgan fingerprint density at radius 2 is 1.44 bits per heavy atom. The molecule has 43 heavy (non-hydrogen) atoms. The summed E-state index contributed by atoms with van der Waals surface area (Å²) in [6.45, 7) is 0.472. The topological polar surface area (TPSA) is 88.6 Å². The van der Waals surface area contributed by atoms with Gasteiger partial charge in [-0.1, -0.05) is 60.7 Å². The van der Waals surface area contributed by atoms with Crippen molar-refractivity contribution in [3.8, 4) is 6.07 Å². The van der Waals surface area contributed by atoms with Gasteiger partial charge >= 0.3 is 18.4 Å². The Bertz CT molecular complexity index is 1350. The van der Waals surface area contributed by atoms with Gasteiger partial charge in [-0.05, 0) is 54.7 Å². The monoisotopic (exact) mass is 607 g/mol. The van der Waals surface area contributed by atoms with E-state index in [1.54, 1.807) is 30.3 Å². The maximum absolute atomic E-state index is 13.3. The third kappa shape index (κ3) is 10.3. The van der Waals surface area contributed by atoms with Crippen LogP contribution in [0.1, 0.15) is 47.3 Å². The average Bonchev–Trinajstić information content (AvgIpc) is 2.98. The molecule has 6 nitrogen and oxygen atoms in total. The predicted octanol–water partition coefficient (Wildman–Crippen LogP) is 7.29. The second-order valence-electron chi connectivity index (χ2n) is 10.1. The number of halogens is 6. The lowest BCUT2D eigenvalue weighted by Crippen LogP contribution is -2.52. The van der Waals surface area contributed by atoms with E-state index in [0.717, 1.165) is 10.5 Å². The van der Waals surface area contributed by atoms with Crippen LogP contribution in [0.3, 0.4) is 0 Å². The van der Waals surface area contributed by atoms with Crippen molar-refractivity contribution < 1.29 is 40.6 Å². The van der Waals surface area contributed by atoms with Crippen LogP contribution in [0.5, 0.6) is 0 Å². The lowest BCUT2D eigenvalue weighted by atomic mass is 9.93. The van der Waals surface area contributed by atoms with Crippen LogP contribution in [0.15, 0.2) is 78.9 Å². The van der Waals surface area contributed by atoms with Gasteiger partial charge in [-0.15, -0.1) is 0 Å². The highest BCUT2D eigenvalue weighted by Gasteiger charge is 2.37. The Morgan fingerprint density at radius 3 is 1.95 bits per heavy atom. The number of ether oxygens (including phenoxy) is 2. The van der Waals surface area contributed by atoms with Crippen molar-refractivity contribution in [1.82, 2.24) is 4.90 Å². The van der Waals surface area contributed by atoms with Gasteiger partial charge < -0.3 is 20.1 Å². The highest BCUT2D eigenvalue weighted by molar-refractivity contribution is 5.68. The van der Waals surface area contributed by atoms with Gasteiger partial charge in [0.05, 0.1) is 36.5 Å². The average molecular weight is 608 g/mol. The summed E-state index contributed by atoms with van der Waals surface area (Å²) in [6, 6.07) is 21.4. The Balaban J connectivity index is 1.74. The zero-order valence-corrected chi connectivity index (χ0v) is 23.3. The zero-order valence-electron chi connectivity index (χ0n) is 23.3. The molecule has 3 aromatic carbocycles. The standard InChI is InChI=1S/C31H31F6N3O3/c1-22(25-16-26(30(32,33)34)18-27(17-25)31(35,36)37)42-15-14-40(28(41)43-19-24-10-6-3-7-11-24)21-29(39,20-38)13-12-23-8-4-2-5-9-23/h2-11,16-18,22H,12-15,19,21,39H2,1H3/t22-,29-/m1/s1. The predicted molar refractivity (Wildman–Crippen MR) is 146 cm³/mol. The van der Waals surface area contributed by atoms with Crippen LogP contribution in [-0.2, 0) is 34.9 Å². The molecule has 12 heteroatoms. The molecular formula is C31H31F6N3O3. The van der Waals surface area contributed by atoms with Gasteiger partial charge in [-0.25, -0.2) is 4.79 Å². The molecule has 0 bridgehead atoms. The van der Waals surface area contributed by atoms with Crippen LogP contribution in [0.4, 0.5) is 31.1 Å². The van der Waals surface area contributed by atoms with Crippen LogP contribution >= 0.6 is 0 Å². The van der Waals surface area contributed by atoms with Crippen molar-refractivity contribution in [3.63, 3.8) is 0 Å². The van der Waals surface area contributed by atoms with E-state index < -0.39 is 41.2 Å². The Hall–Kier alpha value is -4.08. The Kier molecular flexibility index (Phi) is 11.2. The van der Waals surface area contributed by atoms with Gasteiger partial charge in [-0.3, -0.25) is 0 Å². The van der Waals surface area contributed by atoms with Crippen molar-refractivity contribution >= 4 is 6.09 Å². The van der Waals surface area contributed by atoms with Crippen LogP contribution < -0.4 is 5.73 Å². The number of nitriles is 1. The minimum Gasteiger partial charge on any atom is -0.445 e. The molecule has 0 aliphatic rings. The number of rotatable bonds is 12. The number of carbonyl (C=O) groups excluding carboxylic acids is 1. The number of benzene rings is 3. The molecule has 0 fully saturated rings. The van der Waals surface area contributed by atoms with Gasteiger partial charge in [0.2, 0.25) is 0 Å². The molecular weight excluding hydrogens is 576 g/mol. The van der Waals surface area contributed by atoms with E-state index in [1.165, 1.54) is 6.92 Å². The summed E-state index contributed by atoms with van der Waals surface area (Å²) in [5, 5.41) is 9.88. The highest BCUT2D eigenvalue weighted by atomic mass is 19.4. The SMILES string of the molecule is C[C@@H](OCCN(C[C@](N)(C#N)CCc1ccccc1)C(=O)OCc1ccccc1)c1cc(C(F)(F)F)cc(C(F)(F)F)c1. The first kappa shape index (κ1) is 33.4. The van der Waals surface area contributed by atoms with Crippen molar-refractivity contribution in [2.24, 2.45) is 5.73 Å². The van der Waals surface area contributed by atoms with Crippen molar-refractivity contribution in [3.05, 3.63) is 107 Å². The number of carbonyl (C=O) groups is 1. The number of hydrogen-bond acceptors (Lipinski definition) is 5. The second-order valence-corrected chi connectivity index (χ2v) is 10.1. The van der Waals surface area contributed by atoms with E-state index in [2.05, 4.69) is 0 Å². The fourth-order valence-electron chi connectivity index (χ4n) is 4.22. The third-order valence-corrected chi connectivity index (χ3v) is 6.67. The summed E-state index contributed by atoms with van der Waals surface area (Å²) in [4.78, 5) is 14.2. The second kappa shape index (κ2) is 14.4. The molecule has 0 spiro atoms. The lowest BCUT2D eigenvalue weighted by molar-refractivity contribution is -0.143. The van der Waals surface area contributed by atoms with E-state index >= 15 is 0 Å². The third-order valence-electron chi connectivity index (χ3n) is 6.67. The summed E-state index contributed by atoms with van der Waals surface area (Å²) in [5.74, 6) is 0. The lowest BCUT2D eigenvalue weighted by Gasteiger charge is -2.30. The molecule has 0 aliphatic heterocycles. The van der Waals surface area contributed by atoms with Crippen LogP contribution in [0, 0.1) is 11.3 Å². The largest absolute Gasteiger partial charge is 0.445 e. The molecule has 0 heterocycles. The smallest absolute Gasteiger partial charge is 0.416 e. The molecule has 230 valence electrons. The summed E-state index contributed by atoms with van der Waals surface area (Å²) >= 11 is 0. The first-order valence-corrected chi connectivity index (χ1v) is 13.3. The molecule has 1 amide bonds. The highest BCUT2D eigenvalue weighted by Crippen LogP contribution is 2.38. The van der Waals surface area contributed by atoms with E-state index in [0.29, 0.717) is 24.1 Å². The van der Waals surface area contributed by atoms with Gasteiger partial charge in [0, 0.05) is 6.54 Å². The van der Waals surface area contributed by atoms with Gasteiger partial charge in [0.25, 0.3) is 0 Å². The van der Waals surface area contributed by atoms with Crippen LogP contribution in [0.25, 0.3) is 0 Å². The number of alkyl halides is 6. The van der Waals surface area contributed by atoms with Crippen LogP contribution in [0.2, 0.25) is 0 Å². The Labute approximate surface area is 245 Å². The number of hydrogen-bond donors (Lipinski definition) is 1. The van der Waals surface area contributed by atoms with Crippen molar-refractivity contribution in [2.75, 3.05) is 19.7 Å². The zero-order chi connectivity index (χ0) is 31.7. The summed E-state index contributed by atoms with van der Waals surface area (Å²) in [6.07, 6.45) is -11.4. The van der Waals surface area contributed by atoms with Crippen molar-refractivity contribution in [1.29, 1.82) is 5.26 Å². The molecule has 2 N–H and O–H groups in total. The normalized spacial score (nSPS) is 13.9. The maximum atomic E-state index is 13.3. The van der Waals surface area contributed by atoms with Crippen LogP contribution in [-0.4, -0.2) is 36.2 Å². The minimum absolute atomic E-state index is 0.0405. The number of nitrogens with two attached hydrogens (primary N) is 1. The molecule has 0 aliphatic carbocycles. The molecule has 0 radical (unpaired) electrons. The van der Waals surface area contributed by atoms with E-state index in [4.69, 9.17) is 15.2 Å². The molecule has 2 atom stereocenters. The summed E-state index contributed by atoms with van der Waals surface area (Å²) in [5.41, 5.74) is 3.25. The molecule has 0 aromatic heterocycles. The molecule has 3 aromatic rings. The number of amides is 1. The number of nitrogens with zero attached hydrogens (tertiary/aromatic N) is 2. The first-order chi connectivity index (χ1) is 20.2. The Morgan fingerprint density at radius 1 is 0.907 bits per heavy atom. The van der Waals surface area contributed by atoms with E-state index in [-0.39, 0.29) is 44.4 Å². The summed E-state index contributed by atoms with van der Waals surface area (Å²) in [7, 11) is 0. The molecule has 0 unspecified atom stereocenters. The molecule has 0 saturated carbocycles. The van der Waals surface area contributed by atoms with Gasteiger partial charge in [0.15, 0.2) is 0 Å². The minimum atomic E-state index is -5.00. The summed E-state index contributed by atoms with van der Waals surface area (Å²) < 4.78 is 90.8. The fourth-order valence-corrected chi connectivity index (χ4v) is 4.22. The van der Waals surface area contributed by atoms with Gasteiger partial charge in [0.1, 0.15) is 12.1 Å². The van der Waals surface area contributed by atoms with E-state index in [9.17, 15) is 36.4 Å². The van der Waals surface area contributed by atoms with Gasteiger partial charge in [-0.2, -0.15) is 31.6 Å². The first-order valence-electron chi connectivity index (χ1n) is 13.3. The fraction of sp³-hybridized carbons (Fsp3) is 0.355. The van der Waals surface area contributed by atoms with E-state index in [1.807, 2.05) is 36.4 Å². The molecule has 3 rings (SSSR count). The number of aryl methyl sites for hydroxylation is 1. The molecule has 0 saturated heterocycles.